The summed E-state index contributed by atoms with van der Waals surface area (Å²) in [4.78, 5) is 48.1. The van der Waals surface area contributed by atoms with E-state index >= 15 is 0 Å². The predicted molar refractivity (Wildman–Crippen MR) is 65.4 cm³/mol. The van der Waals surface area contributed by atoms with Gasteiger partial charge in [-0.05, 0) is 0 Å². The third-order valence-corrected chi connectivity index (χ3v) is 2.99. The van der Waals surface area contributed by atoms with Gasteiger partial charge in [0.2, 0.25) is 11.8 Å². The zero-order chi connectivity index (χ0) is 15.3. The van der Waals surface area contributed by atoms with Crippen LogP contribution in [0.5, 0.6) is 0 Å². The molecule has 0 unspecified atom stereocenters. The van der Waals surface area contributed by atoms with Gasteiger partial charge in [-0.25, -0.2) is 0 Å². The Bertz CT molecular complexity index is 424. The number of carbonyl (C=O) groups excluding carboxylic acids is 3. The van der Waals surface area contributed by atoms with E-state index in [1.165, 1.54) is 12.0 Å². The third-order valence-electron chi connectivity index (χ3n) is 2.99. The van der Waals surface area contributed by atoms with Crippen LogP contribution < -0.4 is 5.73 Å². The van der Waals surface area contributed by atoms with Crippen LogP contribution in [0.15, 0.2) is 0 Å². The first-order valence-corrected chi connectivity index (χ1v) is 5.97. The van der Waals surface area contributed by atoms with E-state index in [0.717, 1.165) is 4.90 Å². The topological polar surface area (TPSA) is 130 Å². The lowest BCUT2D eigenvalue weighted by atomic mass is 10.1. The molecule has 9 nitrogen and oxygen atoms in total. The van der Waals surface area contributed by atoms with E-state index in [1.54, 1.807) is 0 Å². The highest BCUT2D eigenvalue weighted by molar-refractivity contribution is 5.93. The Kier molecular flexibility index (Phi) is 5.44. The van der Waals surface area contributed by atoms with E-state index in [-0.39, 0.29) is 26.2 Å². The molecule has 9 heteroatoms. The van der Waals surface area contributed by atoms with E-state index in [2.05, 4.69) is 4.74 Å². The van der Waals surface area contributed by atoms with Crippen LogP contribution in [0.1, 0.15) is 6.42 Å². The van der Waals surface area contributed by atoms with Crippen LogP contribution in [0, 0.1) is 0 Å². The van der Waals surface area contributed by atoms with Crippen LogP contribution >= 0.6 is 0 Å². The summed E-state index contributed by atoms with van der Waals surface area (Å²) in [6.07, 6.45) is -0.526. The SMILES string of the molecule is COC(=O)CN1CCN(C(=O)CN)[C@@H](CC(=O)O)C1=O. The maximum atomic E-state index is 12.2. The quantitative estimate of drug-likeness (QED) is 0.540. The Balaban J connectivity index is 2.87. The standard InChI is InChI=1S/C11H17N3O6/c1-20-10(18)6-13-2-3-14(8(15)5-12)7(11(13)19)4-9(16)17/h7H,2-6,12H2,1H3,(H,16,17)/t7-/m0/s1. The normalized spacial score (nSPS) is 18.9. The molecule has 0 saturated carbocycles. The first-order valence-electron chi connectivity index (χ1n) is 5.97. The largest absolute Gasteiger partial charge is 0.481 e. The second-order valence-corrected chi connectivity index (χ2v) is 4.24. The number of carboxylic acid groups (broad SMARTS) is 1. The van der Waals surface area contributed by atoms with Crippen molar-refractivity contribution in [3.63, 3.8) is 0 Å². The molecule has 112 valence electrons. The number of ether oxygens (including phenoxy) is 1. The Hall–Kier alpha value is -2.16. The first-order chi connectivity index (χ1) is 9.40. The monoisotopic (exact) mass is 287 g/mol. The summed E-state index contributed by atoms with van der Waals surface area (Å²) < 4.78 is 4.46. The summed E-state index contributed by atoms with van der Waals surface area (Å²) in [5, 5.41) is 8.84. The summed E-state index contributed by atoms with van der Waals surface area (Å²) in [7, 11) is 1.19. The number of hydrogen-bond donors (Lipinski definition) is 2. The molecule has 0 spiro atoms. The number of esters is 1. The third kappa shape index (κ3) is 3.67. The molecule has 0 radical (unpaired) electrons. The molecule has 1 aliphatic rings. The number of piperazine rings is 1. The predicted octanol–water partition coefficient (Wildman–Crippen LogP) is -2.37. The molecule has 3 N–H and O–H groups in total. The van der Waals surface area contributed by atoms with Crippen LogP contribution in [0.2, 0.25) is 0 Å². The fraction of sp³-hybridized carbons (Fsp3) is 0.636. The van der Waals surface area contributed by atoms with Gasteiger partial charge in [0.15, 0.2) is 0 Å². The number of hydrogen-bond acceptors (Lipinski definition) is 6. The summed E-state index contributed by atoms with van der Waals surface area (Å²) in [5.41, 5.74) is 5.24. The van der Waals surface area contributed by atoms with Gasteiger partial charge in [-0.1, -0.05) is 0 Å². The highest BCUT2D eigenvalue weighted by Gasteiger charge is 2.38. The van der Waals surface area contributed by atoms with Crippen molar-refractivity contribution in [2.24, 2.45) is 5.73 Å². The lowest BCUT2D eigenvalue weighted by Gasteiger charge is -2.39. The minimum atomic E-state index is -1.21. The first kappa shape index (κ1) is 15.9. The van der Waals surface area contributed by atoms with Crippen molar-refractivity contribution in [2.75, 3.05) is 33.3 Å². The van der Waals surface area contributed by atoms with Gasteiger partial charge < -0.3 is 25.4 Å². The van der Waals surface area contributed by atoms with Gasteiger partial charge in [0.05, 0.1) is 20.1 Å². The molecule has 1 rings (SSSR count). The van der Waals surface area contributed by atoms with Gasteiger partial charge in [0, 0.05) is 13.1 Å². The molecule has 1 fully saturated rings. The van der Waals surface area contributed by atoms with Gasteiger partial charge in [-0.3, -0.25) is 19.2 Å². The Morgan fingerprint density at radius 3 is 2.55 bits per heavy atom. The molecule has 0 bridgehead atoms. The molecule has 0 aromatic heterocycles. The maximum Gasteiger partial charge on any atom is 0.325 e. The van der Waals surface area contributed by atoms with Crippen molar-refractivity contribution in [2.45, 2.75) is 12.5 Å². The molecule has 0 aromatic rings. The molecule has 1 atom stereocenters. The number of nitrogens with zero attached hydrogens (tertiary/aromatic N) is 2. The molecule has 20 heavy (non-hydrogen) atoms. The second kappa shape index (κ2) is 6.85. The van der Waals surface area contributed by atoms with E-state index in [9.17, 15) is 19.2 Å². The molecule has 2 amide bonds. The minimum absolute atomic E-state index is 0.135. The summed E-state index contributed by atoms with van der Waals surface area (Å²) in [6, 6.07) is -1.14. The number of amides is 2. The van der Waals surface area contributed by atoms with Crippen molar-refractivity contribution < 1.29 is 29.0 Å². The van der Waals surface area contributed by atoms with Crippen molar-refractivity contribution in [3.05, 3.63) is 0 Å². The van der Waals surface area contributed by atoms with E-state index in [4.69, 9.17) is 10.8 Å². The highest BCUT2D eigenvalue weighted by Crippen LogP contribution is 2.15. The average Bonchev–Trinajstić information content (AvgIpc) is 2.41. The molecule has 1 heterocycles. The second-order valence-electron chi connectivity index (χ2n) is 4.24. The number of methoxy groups -OCH3 is 1. The smallest absolute Gasteiger partial charge is 0.325 e. The lowest BCUT2D eigenvalue weighted by Crippen LogP contribution is -2.61. The summed E-state index contributed by atoms with van der Waals surface area (Å²) in [6.45, 7) is -0.303. The summed E-state index contributed by atoms with van der Waals surface area (Å²) >= 11 is 0. The van der Waals surface area contributed by atoms with E-state index in [0.29, 0.717) is 0 Å². The van der Waals surface area contributed by atoms with Crippen LogP contribution in [-0.2, 0) is 23.9 Å². The number of aliphatic carboxylic acids is 1. The van der Waals surface area contributed by atoms with Gasteiger partial charge in [0.1, 0.15) is 12.6 Å². The van der Waals surface area contributed by atoms with Gasteiger partial charge >= 0.3 is 11.9 Å². The molecule has 1 aliphatic heterocycles. The van der Waals surface area contributed by atoms with Crippen LogP contribution in [0.25, 0.3) is 0 Å². The molecular weight excluding hydrogens is 270 g/mol. The molecular formula is C11H17N3O6. The minimum Gasteiger partial charge on any atom is -0.481 e. The highest BCUT2D eigenvalue weighted by atomic mass is 16.5. The van der Waals surface area contributed by atoms with E-state index in [1.807, 2.05) is 0 Å². The van der Waals surface area contributed by atoms with Crippen molar-refractivity contribution in [1.82, 2.24) is 9.80 Å². The Morgan fingerprint density at radius 2 is 2.05 bits per heavy atom. The van der Waals surface area contributed by atoms with Crippen LogP contribution in [0.4, 0.5) is 0 Å². The molecule has 0 aliphatic carbocycles. The number of rotatable bonds is 5. The average molecular weight is 287 g/mol. The van der Waals surface area contributed by atoms with Crippen molar-refractivity contribution in [3.8, 4) is 0 Å². The maximum absolute atomic E-state index is 12.2. The Labute approximate surface area is 115 Å². The molecule has 0 aromatic carbocycles. The fourth-order valence-electron chi connectivity index (χ4n) is 1.99. The zero-order valence-electron chi connectivity index (χ0n) is 11.1. The Morgan fingerprint density at radius 1 is 1.40 bits per heavy atom. The number of nitrogens with two attached hydrogens (primary N) is 1. The van der Waals surface area contributed by atoms with Crippen molar-refractivity contribution >= 4 is 23.8 Å². The van der Waals surface area contributed by atoms with Gasteiger partial charge in [-0.2, -0.15) is 0 Å². The lowest BCUT2D eigenvalue weighted by molar-refractivity contribution is -0.158. The zero-order valence-corrected chi connectivity index (χ0v) is 11.1. The van der Waals surface area contributed by atoms with Crippen LogP contribution in [0.3, 0.4) is 0 Å². The van der Waals surface area contributed by atoms with Crippen molar-refractivity contribution in [1.29, 1.82) is 0 Å². The summed E-state index contributed by atoms with van der Waals surface area (Å²) in [5.74, 6) is -2.91. The number of carboxylic acids is 1. The van der Waals surface area contributed by atoms with Gasteiger partial charge in [0.25, 0.3) is 0 Å². The van der Waals surface area contributed by atoms with E-state index < -0.39 is 36.2 Å². The number of carbonyl (C=O) groups is 4. The fourth-order valence-corrected chi connectivity index (χ4v) is 1.99. The molecule has 1 saturated heterocycles. The van der Waals surface area contributed by atoms with Crippen LogP contribution in [-0.4, -0.2) is 78.0 Å². The van der Waals surface area contributed by atoms with Gasteiger partial charge in [-0.15, -0.1) is 0 Å².